The molecule has 1 aromatic heterocycles. The summed E-state index contributed by atoms with van der Waals surface area (Å²) in [6.45, 7) is 1.94. The zero-order valence-electron chi connectivity index (χ0n) is 17.9. The lowest BCUT2D eigenvalue weighted by atomic mass is 10.2. The monoisotopic (exact) mass is 447 g/mol. The summed E-state index contributed by atoms with van der Waals surface area (Å²) in [4.78, 5) is 28.0. The van der Waals surface area contributed by atoms with Gasteiger partial charge in [0.25, 0.3) is 0 Å². The van der Waals surface area contributed by atoms with E-state index in [1.165, 1.54) is 6.07 Å². The molecule has 32 heavy (non-hydrogen) atoms. The fourth-order valence-electron chi connectivity index (χ4n) is 2.74. The topological polar surface area (TPSA) is 177 Å². The SMILES string of the molecule is CCOC(=O)Nc1cc(NCC(CN(C)c2ccc(OC)cc2)=NO)c([N+](=O)[O-])c(N)n1. The molecule has 0 spiro atoms. The Morgan fingerprint density at radius 2 is 2.06 bits per heavy atom. The van der Waals surface area contributed by atoms with Gasteiger partial charge in [0.15, 0.2) is 0 Å². The third-order valence-corrected chi connectivity index (χ3v) is 4.27. The quantitative estimate of drug-likeness (QED) is 0.183. The molecule has 0 fully saturated rings. The lowest BCUT2D eigenvalue weighted by molar-refractivity contribution is -0.383. The molecule has 13 nitrogen and oxygen atoms in total. The van der Waals surface area contributed by atoms with Gasteiger partial charge in [-0.2, -0.15) is 0 Å². The molecule has 0 aliphatic carbocycles. The van der Waals surface area contributed by atoms with Gasteiger partial charge in [-0.1, -0.05) is 5.16 Å². The smallest absolute Gasteiger partial charge is 0.412 e. The number of nitro groups is 1. The summed E-state index contributed by atoms with van der Waals surface area (Å²) in [6, 6.07) is 8.50. The van der Waals surface area contributed by atoms with Crippen LogP contribution in [0.3, 0.4) is 0 Å². The number of nitrogens with zero attached hydrogens (tertiary/aromatic N) is 4. The molecule has 2 aromatic rings. The standard InChI is InChI=1S/C19H25N7O6/c1-4-32-19(27)23-16-9-15(17(26(29)30)18(20)22-16)21-10-12(24-28)11-25(2)13-5-7-14(31-3)8-6-13/h5-9,28H,4,10-11H2,1-3H3,(H4,20,21,22,23,27). The highest BCUT2D eigenvalue weighted by atomic mass is 16.6. The molecule has 13 heteroatoms. The van der Waals surface area contributed by atoms with E-state index in [-0.39, 0.29) is 36.9 Å². The number of nitrogens with one attached hydrogen (secondary N) is 2. The maximum Gasteiger partial charge on any atom is 0.412 e. The molecule has 0 atom stereocenters. The van der Waals surface area contributed by atoms with E-state index in [0.717, 1.165) is 5.69 Å². The summed E-state index contributed by atoms with van der Waals surface area (Å²) < 4.78 is 9.90. The molecule has 0 unspecified atom stereocenters. The molecular weight excluding hydrogens is 422 g/mol. The van der Waals surface area contributed by atoms with Crippen molar-refractivity contribution in [1.82, 2.24) is 4.98 Å². The molecule has 0 radical (unpaired) electrons. The van der Waals surface area contributed by atoms with Crippen molar-refractivity contribution in [3.8, 4) is 5.75 Å². The Morgan fingerprint density at radius 1 is 1.38 bits per heavy atom. The van der Waals surface area contributed by atoms with Gasteiger partial charge in [0, 0.05) is 18.8 Å². The number of nitrogens with two attached hydrogens (primary N) is 1. The number of ether oxygens (including phenoxy) is 2. The first-order valence-electron chi connectivity index (χ1n) is 9.46. The van der Waals surface area contributed by atoms with Gasteiger partial charge in [-0.3, -0.25) is 15.4 Å². The zero-order chi connectivity index (χ0) is 23.7. The van der Waals surface area contributed by atoms with Gasteiger partial charge in [-0.15, -0.1) is 0 Å². The average molecular weight is 447 g/mol. The van der Waals surface area contributed by atoms with Crippen molar-refractivity contribution in [2.24, 2.45) is 5.16 Å². The van der Waals surface area contributed by atoms with Gasteiger partial charge in [0.1, 0.15) is 17.3 Å². The first-order valence-corrected chi connectivity index (χ1v) is 9.46. The highest BCUT2D eigenvalue weighted by Gasteiger charge is 2.22. The number of aromatic nitrogens is 1. The lowest BCUT2D eigenvalue weighted by Crippen LogP contribution is -2.30. The zero-order valence-corrected chi connectivity index (χ0v) is 17.9. The van der Waals surface area contributed by atoms with Crippen LogP contribution in [-0.2, 0) is 4.74 Å². The van der Waals surface area contributed by atoms with Crippen LogP contribution in [0.4, 0.5) is 33.5 Å². The number of anilines is 4. The van der Waals surface area contributed by atoms with E-state index < -0.39 is 22.5 Å². The second kappa shape index (κ2) is 11.2. The number of hydrogen-bond acceptors (Lipinski definition) is 11. The summed E-state index contributed by atoms with van der Waals surface area (Å²) in [6.07, 6.45) is -0.780. The predicted octanol–water partition coefficient (Wildman–Crippen LogP) is 2.53. The number of benzene rings is 1. The summed E-state index contributed by atoms with van der Waals surface area (Å²) in [5, 5.41) is 29.3. The normalized spacial score (nSPS) is 10.9. The number of carbonyl (C=O) groups is 1. The molecule has 0 bridgehead atoms. The van der Waals surface area contributed by atoms with Gasteiger partial charge in [-0.05, 0) is 31.2 Å². The summed E-state index contributed by atoms with van der Waals surface area (Å²) in [5.74, 6) is 0.270. The largest absolute Gasteiger partial charge is 0.497 e. The highest BCUT2D eigenvalue weighted by molar-refractivity contribution is 5.93. The van der Waals surface area contributed by atoms with Gasteiger partial charge >= 0.3 is 11.8 Å². The summed E-state index contributed by atoms with van der Waals surface area (Å²) >= 11 is 0. The van der Waals surface area contributed by atoms with E-state index in [1.807, 2.05) is 17.0 Å². The van der Waals surface area contributed by atoms with Crippen LogP contribution in [0.5, 0.6) is 5.75 Å². The first kappa shape index (κ1) is 24.0. The number of carbonyl (C=O) groups excluding carboxylic acids is 1. The molecule has 2 rings (SSSR count). The van der Waals surface area contributed by atoms with Gasteiger partial charge in [0.2, 0.25) is 5.82 Å². The molecular formula is C19H25N7O6. The Balaban J connectivity index is 2.15. The maximum atomic E-state index is 11.6. The minimum Gasteiger partial charge on any atom is -0.497 e. The number of amides is 1. The minimum absolute atomic E-state index is 0.0115. The van der Waals surface area contributed by atoms with Crippen LogP contribution in [0.25, 0.3) is 0 Å². The molecule has 1 aromatic carbocycles. The van der Waals surface area contributed by atoms with Crippen LogP contribution in [0.15, 0.2) is 35.5 Å². The highest BCUT2D eigenvalue weighted by Crippen LogP contribution is 2.32. The van der Waals surface area contributed by atoms with Crippen LogP contribution >= 0.6 is 0 Å². The van der Waals surface area contributed by atoms with Crippen molar-refractivity contribution >= 4 is 40.5 Å². The Kier molecular flexibility index (Phi) is 8.39. The molecule has 1 amide bonds. The van der Waals surface area contributed by atoms with E-state index in [1.54, 1.807) is 33.2 Å². The number of hydrogen-bond donors (Lipinski definition) is 4. The number of methoxy groups -OCH3 is 1. The third-order valence-electron chi connectivity index (χ3n) is 4.27. The van der Waals surface area contributed by atoms with Crippen molar-refractivity contribution in [2.75, 3.05) is 55.1 Å². The van der Waals surface area contributed by atoms with Crippen LogP contribution in [0, 0.1) is 10.1 Å². The molecule has 172 valence electrons. The summed E-state index contributed by atoms with van der Waals surface area (Å²) in [5.41, 5.74) is 6.35. The number of oxime groups is 1. The van der Waals surface area contributed by atoms with Gasteiger partial charge in [0.05, 0.1) is 37.4 Å². The molecule has 0 saturated heterocycles. The van der Waals surface area contributed by atoms with Crippen LogP contribution in [-0.4, -0.2) is 60.8 Å². The second-order valence-corrected chi connectivity index (χ2v) is 6.47. The minimum atomic E-state index is -0.780. The van der Waals surface area contributed by atoms with Crippen LogP contribution in [0.2, 0.25) is 0 Å². The summed E-state index contributed by atoms with van der Waals surface area (Å²) in [7, 11) is 3.36. The van der Waals surface area contributed by atoms with E-state index in [2.05, 4.69) is 20.8 Å². The Bertz CT molecular complexity index is 981. The van der Waals surface area contributed by atoms with Crippen molar-refractivity contribution in [2.45, 2.75) is 6.92 Å². The van der Waals surface area contributed by atoms with Gasteiger partial charge < -0.3 is 30.6 Å². The number of rotatable bonds is 10. The average Bonchev–Trinajstić information content (AvgIpc) is 2.76. The Hall–Kier alpha value is -4.29. The fraction of sp³-hybridized carbons (Fsp3) is 0.316. The second-order valence-electron chi connectivity index (χ2n) is 6.47. The van der Waals surface area contributed by atoms with Crippen LogP contribution in [0.1, 0.15) is 6.92 Å². The fourth-order valence-corrected chi connectivity index (χ4v) is 2.74. The van der Waals surface area contributed by atoms with Crippen LogP contribution < -0.4 is 26.0 Å². The van der Waals surface area contributed by atoms with Gasteiger partial charge in [-0.25, -0.2) is 9.78 Å². The van der Waals surface area contributed by atoms with Crippen molar-refractivity contribution in [1.29, 1.82) is 0 Å². The number of nitrogen functional groups attached to an aromatic ring is 1. The molecule has 0 saturated carbocycles. The van der Waals surface area contributed by atoms with Crippen molar-refractivity contribution < 1.29 is 24.4 Å². The van der Waals surface area contributed by atoms with E-state index in [9.17, 15) is 20.1 Å². The molecule has 5 N–H and O–H groups in total. The van der Waals surface area contributed by atoms with E-state index in [0.29, 0.717) is 5.75 Å². The third kappa shape index (κ3) is 6.35. The molecule has 0 aliphatic rings. The first-order chi connectivity index (χ1) is 15.3. The lowest BCUT2D eigenvalue weighted by Gasteiger charge is -2.20. The van der Waals surface area contributed by atoms with E-state index >= 15 is 0 Å². The van der Waals surface area contributed by atoms with Crippen molar-refractivity contribution in [3.63, 3.8) is 0 Å². The van der Waals surface area contributed by atoms with E-state index in [4.69, 9.17) is 15.2 Å². The maximum absolute atomic E-state index is 11.6. The van der Waals surface area contributed by atoms with Crippen molar-refractivity contribution in [3.05, 3.63) is 40.4 Å². The Labute approximate surface area is 184 Å². The predicted molar refractivity (Wildman–Crippen MR) is 120 cm³/mol. The molecule has 1 heterocycles. The Morgan fingerprint density at radius 3 is 2.62 bits per heavy atom. The molecule has 0 aliphatic heterocycles. The number of pyridine rings is 1.